The van der Waals surface area contributed by atoms with E-state index in [0.717, 1.165) is 0 Å². The first kappa shape index (κ1) is 26.3. The minimum absolute atomic E-state index is 0.0700. The number of ether oxygens (including phenoxy) is 1. The van der Waals surface area contributed by atoms with Crippen molar-refractivity contribution in [2.24, 2.45) is 28.6 Å². The summed E-state index contributed by atoms with van der Waals surface area (Å²) in [7, 11) is -6.41. The topological polar surface area (TPSA) is 97.7 Å². The summed E-state index contributed by atoms with van der Waals surface area (Å²) in [6, 6.07) is 0. The van der Waals surface area contributed by atoms with E-state index in [2.05, 4.69) is 0 Å². The van der Waals surface area contributed by atoms with Crippen molar-refractivity contribution in [3.8, 4) is 0 Å². The van der Waals surface area contributed by atoms with Crippen molar-refractivity contribution in [2.75, 3.05) is 0 Å². The van der Waals surface area contributed by atoms with Crippen LogP contribution >= 0.6 is 0 Å². The average molecular weight is 505 g/mol. The van der Waals surface area contributed by atoms with Crippen molar-refractivity contribution < 1.29 is 49.2 Å². The van der Waals surface area contributed by atoms with E-state index < -0.39 is 62.1 Å². The van der Waals surface area contributed by atoms with E-state index in [4.69, 9.17) is 9.29 Å². The van der Waals surface area contributed by atoms with Crippen LogP contribution in [0.25, 0.3) is 0 Å². The molecule has 4 aliphatic carbocycles. The summed E-state index contributed by atoms with van der Waals surface area (Å²) in [5, 5.41) is -5.57. The Kier molecular flexibility index (Phi) is 6.27. The molecule has 0 radical (unpaired) electrons. The van der Waals surface area contributed by atoms with Gasteiger partial charge in [0.1, 0.15) is 17.3 Å². The van der Waals surface area contributed by atoms with Crippen LogP contribution in [0.4, 0.5) is 22.0 Å². The fourth-order valence-electron chi connectivity index (χ4n) is 6.11. The van der Waals surface area contributed by atoms with Crippen molar-refractivity contribution in [1.82, 2.24) is 0 Å². The van der Waals surface area contributed by atoms with Gasteiger partial charge in [0.2, 0.25) is 0 Å². The second kappa shape index (κ2) is 7.86. The number of alkyl halides is 5. The molecule has 0 aromatic rings. The number of ketones is 1. The maximum Gasteiger partial charge on any atom is 0.399 e. The van der Waals surface area contributed by atoms with Crippen molar-refractivity contribution in [1.29, 1.82) is 0 Å². The Bertz CT molecular complexity index is 912. The second-order valence-electron chi connectivity index (χ2n) is 10.8. The van der Waals surface area contributed by atoms with E-state index >= 15 is 0 Å². The molecule has 0 aromatic carbocycles. The van der Waals surface area contributed by atoms with Crippen LogP contribution in [0.5, 0.6) is 0 Å². The highest BCUT2D eigenvalue weighted by Gasteiger charge is 2.67. The zero-order chi connectivity index (χ0) is 25.3. The summed E-state index contributed by atoms with van der Waals surface area (Å²) in [6.07, 6.45) is -5.14. The van der Waals surface area contributed by atoms with Crippen LogP contribution in [-0.2, 0) is 24.4 Å². The lowest BCUT2D eigenvalue weighted by atomic mass is 9.46. The molecule has 6 nitrogen and oxygen atoms in total. The third-order valence-electron chi connectivity index (χ3n) is 7.88. The Balaban J connectivity index is 1.91. The number of rotatable bonds is 8. The van der Waals surface area contributed by atoms with Crippen molar-refractivity contribution in [3.05, 3.63) is 0 Å². The predicted molar refractivity (Wildman–Crippen MR) is 106 cm³/mol. The lowest BCUT2D eigenvalue weighted by Crippen LogP contribution is -2.61. The standard InChI is InChI=1S/C21H29F5O6S/c1-4-17(2,3)16(28)32-19-9-12-5-13(10-19)8-18(7-12,11-19)15(27)6-14(20(22,23)24)21(25,26)33(29,30)31/h12-14H,4-11H2,1-3H3,(H,29,30,31). The number of esters is 1. The molecule has 4 fully saturated rings. The van der Waals surface area contributed by atoms with Gasteiger partial charge in [0, 0.05) is 11.8 Å². The molecule has 4 bridgehead atoms. The maximum atomic E-state index is 14.1. The molecule has 0 spiro atoms. The normalized spacial score (nSPS) is 33.1. The summed E-state index contributed by atoms with van der Waals surface area (Å²) in [6.45, 7) is 5.20. The lowest BCUT2D eigenvalue weighted by Gasteiger charge is -2.61. The summed E-state index contributed by atoms with van der Waals surface area (Å²) in [5.41, 5.74) is -3.26. The molecule has 33 heavy (non-hydrogen) atoms. The Labute approximate surface area is 189 Å². The predicted octanol–water partition coefficient (Wildman–Crippen LogP) is 4.92. The van der Waals surface area contributed by atoms with Gasteiger partial charge in [-0.15, -0.1) is 0 Å². The Hall–Kier alpha value is -1.30. The van der Waals surface area contributed by atoms with Gasteiger partial charge < -0.3 is 4.74 Å². The quantitative estimate of drug-likeness (QED) is 0.286. The zero-order valence-electron chi connectivity index (χ0n) is 18.7. The summed E-state index contributed by atoms with van der Waals surface area (Å²) >= 11 is 0. The maximum absolute atomic E-state index is 14.1. The van der Waals surface area contributed by atoms with Gasteiger partial charge in [-0.05, 0) is 70.6 Å². The van der Waals surface area contributed by atoms with Gasteiger partial charge in [-0.2, -0.15) is 30.4 Å². The summed E-state index contributed by atoms with van der Waals surface area (Å²) in [4.78, 5) is 25.9. The molecule has 1 N–H and O–H groups in total. The molecule has 190 valence electrons. The molecular formula is C21H29F5O6S. The Morgan fingerprint density at radius 2 is 1.58 bits per heavy atom. The van der Waals surface area contributed by atoms with Crippen LogP contribution in [0, 0.1) is 28.6 Å². The number of Topliss-reactive ketones (excluding diaryl/α,β-unsaturated/α-hetero) is 1. The fraction of sp³-hybridized carbons (Fsp3) is 0.905. The first-order chi connectivity index (χ1) is 14.8. The Morgan fingerprint density at radius 3 is 2.00 bits per heavy atom. The molecule has 0 heterocycles. The van der Waals surface area contributed by atoms with Crippen LogP contribution < -0.4 is 0 Å². The molecule has 4 rings (SSSR count). The van der Waals surface area contributed by atoms with Gasteiger partial charge in [-0.25, -0.2) is 0 Å². The van der Waals surface area contributed by atoms with Gasteiger partial charge in [-0.1, -0.05) is 6.92 Å². The monoisotopic (exact) mass is 504 g/mol. The number of carbonyl (C=O) groups excluding carboxylic acids is 2. The van der Waals surface area contributed by atoms with E-state index in [9.17, 15) is 40.0 Å². The van der Waals surface area contributed by atoms with Crippen LogP contribution in [0.3, 0.4) is 0 Å². The van der Waals surface area contributed by atoms with Crippen LogP contribution in [-0.4, -0.2) is 41.8 Å². The fourth-order valence-corrected chi connectivity index (χ4v) is 6.69. The van der Waals surface area contributed by atoms with Crippen molar-refractivity contribution in [3.63, 3.8) is 0 Å². The van der Waals surface area contributed by atoms with Crippen LogP contribution in [0.1, 0.15) is 72.1 Å². The van der Waals surface area contributed by atoms with Gasteiger partial charge >= 0.3 is 27.5 Å². The largest absolute Gasteiger partial charge is 0.459 e. The molecule has 0 saturated heterocycles. The number of carbonyl (C=O) groups is 2. The van der Waals surface area contributed by atoms with Gasteiger partial charge in [0.05, 0.1) is 5.41 Å². The van der Waals surface area contributed by atoms with Crippen LogP contribution in [0.15, 0.2) is 0 Å². The smallest absolute Gasteiger partial charge is 0.399 e. The number of hydrogen-bond donors (Lipinski definition) is 1. The molecule has 12 heteroatoms. The SMILES string of the molecule is CCC(C)(C)C(=O)OC12CC3CC(C1)CC(C(=O)CC(C(F)(F)F)C(F)(F)S(=O)(=O)O)(C3)C2. The highest BCUT2D eigenvalue weighted by molar-refractivity contribution is 7.86. The van der Waals surface area contributed by atoms with Crippen LogP contribution in [0.2, 0.25) is 0 Å². The van der Waals surface area contributed by atoms with E-state index in [0.29, 0.717) is 25.7 Å². The molecule has 0 aromatic heterocycles. The molecule has 4 saturated carbocycles. The van der Waals surface area contributed by atoms with E-state index in [1.807, 2.05) is 0 Å². The number of halogens is 5. The van der Waals surface area contributed by atoms with E-state index in [-0.39, 0.29) is 31.1 Å². The highest BCUT2D eigenvalue weighted by atomic mass is 32.2. The summed E-state index contributed by atoms with van der Waals surface area (Å²) in [5.74, 6) is -5.71. The van der Waals surface area contributed by atoms with Gasteiger partial charge in [0.25, 0.3) is 0 Å². The minimum atomic E-state index is -6.41. The summed E-state index contributed by atoms with van der Waals surface area (Å²) < 4.78 is 105. The average Bonchev–Trinajstić information content (AvgIpc) is 2.62. The zero-order valence-corrected chi connectivity index (χ0v) is 19.5. The second-order valence-corrected chi connectivity index (χ2v) is 12.3. The molecule has 0 amide bonds. The minimum Gasteiger partial charge on any atom is -0.459 e. The number of hydrogen-bond acceptors (Lipinski definition) is 5. The van der Waals surface area contributed by atoms with Crippen molar-refractivity contribution in [2.45, 2.75) is 89.2 Å². The van der Waals surface area contributed by atoms with Crippen molar-refractivity contribution >= 4 is 21.9 Å². The highest BCUT2D eigenvalue weighted by Crippen LogP contribution is 2.64. The molecular weight excluding hydrogens is 475 g/mol. The van der Waals surface area contributed by atoms with E-state index in [1.165, 1.54) is 0 Å². The first-order valence-electron chi connectivity index (χ1n) is 11.0. The molecule has 4 aliphatic rings. The lowest BCUT2D eigenvalue weighted by molar-refractivity contribution is -0.226. The molecule has 0 aliphatic heterocycles. The van der Waals surface area contributed by atoms with E-state index in [1.54, 1.807) is 20.8 Å². The first-order valence-corrected chi connectivity index (χ1v) is 12.4. The third kappa shape index (κ3) is 4.66. The Morgan fingerprint density at radius 1 is 1.06 bits per heavy atom. The molecule has 3 unspecified atom stereocenters. The third-order valence-corrected chi connectivity index (χ3v) is 8.85. The van der Waals surface area contributed by atoms with Gasteiger partial charge in [-0.3, -0.25) is 14.1 Å². The molecule has 3 atom stereocenters. The van der Waals surface area contributed by atoms with Gasteiger partial charge in [0.15, 0.2) is 0 Å².